The van der Waals surface area contributed by atoms with Gasteiger partial charge in [0.1, 0.15) is 10.7 Å². The highest BCUT2D eigenvalue weighted by Crippen LogP contribution is 2.28. The summed E-state index contributed by atoms with van der Waals surface area (Å²) in [6.07, 6.45) is -4.84. The van der Waals surface area contributed by atoms with E-state index in [2.05, 4.69) is 9.72 Å². The number of pyridine rings is 1. The summed E-state index contributed by atoms with van der Waals surface area (Å²) >= 11 is 11.4. The molecule has 0 aliphatic carbocycles. The van der Waals surface area contributed by atoms with E-state index in [1.165, 1.54) is 24.1 Å². The third-order valence-corrected chi connectivity index (χ3v) is 4.91. The quantitative estimate of drug-likeness (QED) is 0.587. The van der Waals surface area contributed by atoms with Crippen LogP contribution in [0.25, 0.3) is 10.9 Å². The lowest BCUT2D eigenvalue weighted by Gasteiger charge is -2.22. The Morgan fingerprint density at radius 1 is 1.28 bits per heavy atom. The second kappa shape index (κ2) is 8.02. The average molecular weight is 443 g/mol. The fraction of sp³-hybridized carbons (Fsp3) is 0.158. The number of H-pyrrole nitrogens is 1. The van der Waals surface area contributed by atoms with E-state index in [4.69, 9.17) is 23.8 Å². The zero-order chi connectivity index (χ0) is 21.3. The van der Waals surface area contributed by atoms with Crippen molar-refractivity contribution in [1.82, 2.24) is 4.98 Å². The lowest BCUT2D eigenvalue weighted by atomic mass is 10.0. The van der Waals surface area contributed by atoms with Crippen LogP contribution < -0.4 is 15.2 Å². The van der Waals surface area contributed by atoms with Crippen LogP contribution in [0.1, 0.15) is 11.1 Å². The van der Waals surface area contributed by atoms with Gasteiger partial charge in [-0.1, -0.05) is 29.9 Å². The zero-order valence-corrected chi connectivity index (χ0v) is 16.5. The molecule has 29 heavy (non-hydrogen) atoms. The molecule has 0 saturated carbocycles. The van der Waals surface area contributed by atoms with E-state index in [1.54, 1.807) is 18.2 Å². The van der Waals surface area contributed by atoms with Crippen molar-refractivity contribution in [3.8, 4) is 5.75 Å². The van der Waals surface area contributed by atoms with Crippen molar-refractivity contribution in [3.05, 3.63) is 69.0 Å². The van der Waals surface area contributed by atoms with Crippen LogP contribution in [0.2, 0.25) is 5.02 Å². The Kier molecular flexibility index (Phi) is 5.83. The van der Waals surface area contributed by atoms with E-state index in [0.717, 1.165) is 12.1 Å². The number of nitrogens with one attached hydrogen (secondary N) is 1. The first-order valence-electron chi connectivity index (χ1n) is 8.20. The molecule has 0 spiro atoms. The van der Waals surface area contributed by atoms with Gasteiger partial charge in [-0.3, -0.25) is 4.79 Å². The van der Waals surface area contributed by atoms with Crippen molar-refractivity contribution < 1.29 is 23.0 Å². The van der Waals surface area contributed by atoms with E-state index in [9.17, 15) is 23.1 Å². The number of nitrogens with zero attached hydrogens (tertiary/aromatic N) is 1. The van der Waals surface area contributed by atoms with Gasteiger partial charge in [-0.25, -0.2) is 0 Å². The van der Waals surface area contributed by atoms with Crippen molar-refractivity contribution in [3.63, 3.8) is 0 Å². The fourth-order valence-electron chi connectivity index (χ4n) is 2.90. The van der Waals surface area contributed by atoms with Crippen LogP contribution in [0.3, 0.4) is 0 Å². The molecular formula is C19H14ClF3N2O3S. The molecule has 0 aliphatic rings. The van der Waals surface area contributed by atoms with Crippen molar-refractivity contribution in [2.75, 3.05) is 11.9 Å². The maximum Gasteiger partial charge on any atom is 0.573 e. The van der Waals surface area contributed by atoms with E-state index < -0.39 is 24.3 Å². The summed E-state index contributed by atoms with van der Waals surface area (Å²) < 4.78 is 41.4. The summed E-state index contributed by atoms with van der Waals surface area (Å²) in [5, 5.41) is 10.8. The first-order chi connectivity index (χ1) is 13.6. The van der Waals surface area contributed by atoms with Gasteiger partial charge in [-0.2, -0.15) is 0 Å². The molecule has 0 fully saturated rings. The molecule has 2 N–H and O–H groups in total. The number of hydrogen-bond donors (Lipinski definition) is 2. The van der Waals surface area contributed by atoms with Crippen LogP contribution in [-0.2, 0) is 6.61 Å². The van der Waals surface area contributed by atoms with Crippen LogP contribution in [0.5, 0.6) is 5.75 Å². The van der Waals surface area contributed by atoms with Gasteiger partial charge >= 0.3 is 6.36 Å². The minimum atomic E-state index is -4.84. The number of anilines is 1. The molecule has 0 aliphatic heterocycles. The highest BCUT2D eigenvalue weighted by atomic mass is 35.5. The summed E-state index contributed by atoms with van der Waals surface area (Å²) in [6, 6.07) is 9.96. The standard InChI is InChI=1S/C19H14ClF3N2O3S/c1-25(11-3-2-4-12(8-11)28-19(21,22)23)18(29)16-14(9-26)13-7-10(20)5-6-15(13)24-17(16)27/h2-8,26H,9H2,1H3,(H,24,27). The zero-order valence-electron chi connectivity index (χ0n) is 14.9. The molecule has 152 valence electrons. The summed E-state index contributed by atoms with van der Waals surface area (Å²) in [5.74, 6) is -0.425. The van der Waals surface area contributed by atoms with Crippen molar-refractivity contribution in [2.45, 2.75) is 13.0 Å². The Bertz CT molecular complexity index is 1150. The predicted molar refractivity (Wildman–Crippen MR) is 109 cm³/mol. The number of aromatic amines is 1. The largest absolute Gasteiger partial charge is 0.573 e. The van der Waals surface area contributed by atoms with Crippen LogP contribution >= 0.6 is 23.8 Å². The van der Waals surface area contributed by atoms with Gasteiger partial charge in [0, 0.05) is 40.3 Å². The number of fused-ring (bicyclic) bond motifs is 1. The maximum atomic E-state index is 12.6. The Hall–Kier alpha value is -2.62. The number of rotatable bonds is 4. The van der Waals surface area contributed by atoms with Gasteiger partial charge in [0.05, 0.1) is 12.2 Å². The monoisotopic (exact) mass is 442 g/mol. The van der Waals surface area contributed by atoms with Crippen LogP contribution in [0.4, 0.5) is 18.9 Å². The van der Waals surface area contributed by atoms with Gasteiger partial charge < -0.3 is 19.7 Å². The molecule has 0 radical (unpaired) electrons. The number of hydrogen-bond acceptors (Lipinski definition) is 4. The van der Waals surface area contributed by atoms with Crippen molar-refractivity contribution >= 4 is 45.4 Å². The lowest BCUT2D eigenvalue weighted by molar-refractivity contribution is -0.274. The van der Waals surface area contributed by atoms with Crippen LogP contribution in [0.15, 0.2) is 47.3 Å². The molecule has 10 heteroatoms. The van der Waals surface area contributed by atoms with Crippen LogP contribution in [0, 0.1) is 0 Å². The molecule has 2 aromatic carbocycles. The number of benzene rings is 2. The first-order valence-corrected chi connectivity index (χ1v) is 8.98. The summed E-state index contributed by atoms with van der Waals surface area (Å²) in [7, 11) is 1.50. The van der Waals surface area contributed by atoms with E-state index in [0.29, 0.717) is 15.9 Å². The summed E-state index contributed by atoms with van der Waals surface area (Å²) in [5.41, 5.74) is 0.501. The highest BCUT2D eigenvalue weighted by Gasteiger charge is 2.31. The number of alkyl halides is 3. The minimum Gasteiger partial charge on any atom is -0.406 e. The smallest absolute Gasteiger partial charge is 0.406 e. The Morgan fingerprint density at radius 2 is 2.00 bits per heavy atom. The molecule has 0 unspecified atom stereocenters. The normalized spacial score (nSPS) is 11.5. The predicted octanol–water partition coefficient (Wildman–Crippen LogP) is 4.38. The summed E-state index contributed by atoms with van der Waals surface area (Å²) in [6.45, 7) is -0.485. The third-order valence-electron chi connectivity index (χ3n) is 4.20. The number of ether oxygens (including phenoxy) is 1. The molecule has 0 bridgehead atoms. The molecule has 0 atom stereocenters. The average Bonchev–Trinajstić information content (AvgIpc) is 2.65. The second-order valence-electron chi connectivity index (χ2n) is 6.07. The molecule has 1 heterocycles. The maximum absolute atomic E-state index is 12.6. The number of halogens is 4. The number of aromatic nitrogens is 1. The molecular weight excluding hydrogens is 429 g/mol. The molecule has 5 nitrogen and oxygen atoms in total. The summed E-state index contributed by atoms with van der Waals surface area (Å²) in [4.78, 5) is 16.7. The fourth-order valence-corrected chi connectivity index (χ4v) is 3.39. The second-order valence-corrected chi connectivity index (χ2v) is 6.89. The minimum absolute atomic E-state index is 0.0151. The highest BCUT2D eigenvalue weighted by molar-refractivity contribution is 7.81. The van der Waals surface area contributed by atoms with Gasteiger partial charge in [-0.05, 0) is 30.3 Å². The van der Waals surface area contributed by atoms with E-state index >= 15 is 0 Å². The van der Waals surface area contributed by atoms with Gasteiger partial charge in [-0.15, -0.1) is 13.2 Å². The van der Waals surface area contributed by atoms with E-state index in [1.807, 2.05) is 0 Å². The first kappa shape index (κ1) is 21.1. The molecule has 0 saturated heterocycles. The van der Waals surface area contributed by atoms with E-state index in [-0.39, 0.29) is 21.8 Å². The molecule has 0 amide bonds. The van der Waals surface area contributed by atoms with Crippen LogP contribution in [-0.4, -0.2) is 28.5 Å². The van der Waals surface area contributed by atoms with Gasteiger partial charge in [0.15, 0.2) is 0 Å². The number of aliphatic hydroxyl groups excluding tert-OH is 1. The van der Waals surface area contributed by atoms with Crippen molar-refractivity contribution in [1.29, 1.82) is 0 Å². The van der Waals surface area contributed by atoms with Gasteiger partial charge in [0.2, 0.25) is 0 Å². The lowest BCUT2D eigenvalue weighted by Crippen LogP contribution is -2.32. The topological polar surface area (TPSA) is 65.6 Å². The molecule has 1 aromatic heterocycles. The Labute approximate surface area is 173 Å². The third kappa shape index (κ3) is 4.52. The molecule has 3 aromatic rings. The number of aliphatic hydroxyl groups is 1. The Balaban J connectivity index is 2.06. The van der Waals surface area contributed by atoms with Gasteiger partial charge in [0.25, 0.3) is 5.56 Å². The SMILES string of the molecule is CN(C(=S)c1c(CO)c2cc(Cl)ccc2[nH]c1=O)c1cccc(OC(F)(F)F)c1. The molecule has 3 rings (SSSR count). The Morgan fingerprint density at radius 3 is 2.66 bits per heavy atom. The van der Waals surface area contributed by atoms with Crippen molar-refractivity contribution in [2.24, 2.45) is 0 Å². The number of thiocarbonyl (C=S) groups is 1.